The molecule has 0 amide bonds. The van der Waals surface area contributed by atoms with E-state index in [1.807, 2.05) is 0 Å². The van der Waals surface area contributed by atoms with Crippen molar-refractivity contribution in [1.29, 1.82) is 0 Å². The van der Waals surface area contributed by atoms with Gasteiger partial charge in [0.1, 0.15) is 0 Å². The molecule has 140 valence electrons. The summed E-state index contributed by atoms with van der Waals surface area (Å²) >= 11 is 5.43. The summed E-state index contributed by atoms with van der Waals surface area (Å²) in [6, 6.07) is 4.23. The van der Waals surface area contributed by atoms with Crippen LogP contribution in [0, 0.1) is 4.77 Å². The van der Waals surface area contributed by atoms with Crippen molar-refractivity contribution in [1.82, 2.24) is 14.5 Å². The lowest BCUT2D eigenvalue weighted by molar-refractivity contribution is 0.140. The van der Waals surface area contributed by atoms with Crippen LogP contribution in [0.3, 0.4) is 0 Å². The van der Waals surface area contributed by atoms with Gasteiger partial charge in [0.05, 0.1) is 10.9 Å². The number of nitrogens with one attached hydrogen (secondary N) is 1. The number of ether oxygens (including phenoxy) is 2. The van der Waals surface area contributed by atoms with Crippen LogP contribution in [0.4, 0.5) is 0 Å². The molecule has 2 aliphatic rings. The molecule has 1 fully saturated rings. The van der Waals surface area contributed by atoms with Gasteiger partial charge in [-0.25, -0.2) is 0 Å². The van der Waals surface area contributed by atoms with E-state index in [4.69, 9.17) is 21.7 Å². The Bertz CT molecular complexity index is 921. The summed E-state index contributed by atoms with van der Waals surface area (Å²) in [4.78, 5) is 18.7. The predicted molar refractivity (Wildman–Crippen MR) is 104 cm³/mol. The summed E-state index contributed by atoms with van der Waals surface area (Å²) in [5, 5.41) is 0.590. The minimum absolute atomic E-state index is 0.0623. The molecule has 0 aliphatic carbocycles. The number of benzene rings is 1. The van der Waals surface area contributed by atoms with Gasteiger partial charge in [-0.2, -0.15) is 0 Å². The number of hydrogen-bond acceptors (Lipinski definition) is 5. The van der Waals surface area contributed by atoms with Crippen molar-refractivity contribution < 1.29 is 9.47 Å². The first-order valence-electron chi connectivity index (χ1n) is 9.48. The number of hydrogen-bond donors (Lipinski definition) is 1. The van der Waals surface area contributed by atoms with Gasteiger partial charge in [0.25, 0.3) is 5.56 Å². The zero-order valence-electron chi connectivity index (χ0n) is 15.1. The maximum atomic E-state index is 12.9. The van der Waals surface area contributed by atoms with Crippen molar-refractivity contribution in [3.05, 3.63) is 27.3 Å². The molecule has 26 heavy (non-hydrogen) atoms. The molecule has 0 spiro atoms. The van der Waals surface area contributed by atoms with Crippen LogP contribution in [0.5, 0.6) is 11.5 Å². The standard InChI is InChI=1S/C19H25N3O3S/c1-2-13-6-3-4-7-21(13)8-5-9-22-18(23)14-10-16-17(25-12-24-16)11-15(14)20-19(22)26/h10-11,13H,2-9,12H2,1H3,(H,20,26). The Hall–Kier alpha value is -1.86. The molecule has 0 radical (unpaired) electrons. The van der Waals surface area contributed by atoms with E-state index < -0.39 is 0 Å². The highest BCUT2D eigenvalue weighted by Gasteiger charge is 2.20. The molecule has 6 nitrogen and oxygen atoms in total. The zero-order valence-corrected chi connectivity index (χ0v) is 15.9. The van der Waals surface area contributed by atoms with Crippen molar-refractivity contribution >= 4 is 23.1 Å². The lowest BCUT2D eigenvalue weighted by Gasteiger charge is -2.35. The zero-order chi connectivity index (χ0) is 18.1. The van der Waals surface area contributed by atoms with Gasteiger partial charge >= 0.3 is 0 Å². The molecule has 3 heterocycles. The Kier molecular flexibility index (Phi) is 5.00. The third-order valence-electron chi connectivity index (χ3n) is 5.52. The molecule has 1 unspecified atom stereocenters. The van der Waals surface area contributed by atoms with Crippen molar-refractivity contribution in [3.63, 3.8) is 0 Å². The number of H-pyrrole nitrogens is 1. The Morgan fingerprint density at radius 1 is 1.23 bits per heavy atom. The molecular formula is C19H25N3O3S. The Balaban J connectivity index is 1.54. The highest BCUT2D eigenvalue weighted by atomic mass is 32.1. The van der Waals surface area contributed by atoms with Crippen LogP contribution in [-0.4, -0.2) is 40.4 Å². The van der Waals surface area contributed by atoms with Gasteiger partial charge in [0.2, 0.25) is 6.79 Å². The first-order chi connectivity index (χ1) is 12.7. The minimum atomic E-state index is -0.0623. The van der Waals surface area contributed by atoms with E-state index in [0.717, 1.165) is 13.0 Å². The van der Waals surface area contributed by atoms with Crippen molar-refractivity contribution in [2.24, 2.45) is 0 Å². The van der Waals surface area contributed by atoms with Gasteiger partial charge in [-0.1, -0.05) is 13.3 Å². The molecular weight excluding hydrogens is 350 g/mol. The van der Waals surface area contributed by atoms with E-state index in [2.05, 4.69) is 16.8 Å². The largest absolute Gasteiger partial charge is 0.454 e. The molecule has 0 bridgehead atoms. The van der Waals surface area contributed by atoms with Gasteiger partial charge in [0, 0.05) is 25.2 Å². The molecule has 2 aromatic rings. The Morgan fingerprint density at radius 2 is 2.04 bits per heavy atom. The summed E-state index contributed by atoms with van der Waals surface area (Å²) in [5.41, 5.74) is 0.635. The number of aromatic amines is 1. The Morgan fingerprint density at radius 3 is 2.85 bits per heavy atom. The smallest absolute Gasteiger partial charge is 0.262 e. The molecule has 1 atom stereocenters. The number of nitrogens with zero attached hydrogens (tertiary/aromatic N) is 2. The van der Waals surface area contributed by atoms with Crippen LogP contribution >= 0.6 is 12.2 Å². The van der Waals surface area contributed by atoms with Gasteiger partial charge in [-0.15, -0.1) is 0 Å². The summed E-state index contributed by atoms with van der Waals surface area (Å²) in [6.07, 6.45) is 6.02. The summed E-state index contributed by atoms with van der Waals surface area (Å²) in [5.74, 6) is 1.27. The van der Waals surface area contributed by atoms with Crippen molar-refractivity contribution in [2.45, 2.75) is 51.6 Å². The number of fused-ring (bicyclic) bond motifs is 2. The van der Waals surface area contributed by atoms with Gasteiger partial charge in [-0.05, 0) is 50.5 Å². The van der Waals surface area contributed by atoms with E-state index in [1.165, 1.54) is 32.2 Å². The maximum Gasteiger partial charge on any atom is 0.262 e. The number of likely N-dealkylation sites (tertiary alicyclic amines) is 1. The third kappa shape index (κ3) is 3.25. The summed E-state index contributed by atoms with van der Waals surface area (Å²) in [6.45, 7) is 5.26. The number of piperidine rings is 1. The normalized spacial score (nSPS) is 20.0. The van der Waals surface area contributed by atoms with Crippen LogP contribution in [0.15, 0.2) is 16.9 Å². The number of aromatic nitrogens is 2. The van der Waals surface area contributed by atoms with Crippen LogP contribution in [0.25, 0.3) is 10.9 Å². The van der Waals surface area contributed by atoms with Gasteiger partial charge < -0.3 is 19.4 Å². The monoisotopic (exact) mass is 375 g/mol. The van der Waals surface area contributed by atoms with E-state index in [0.29, 0.717) is 39.8 Å². The molecule has 1 aromatic carbocycles. The van der Waals surface area contributed by atoms with Gasteiger partial charge in [0.15, 0.2) is 16.3 Å². The predicted octanol–water partition coefficient (Wildman–Crippen LogP) is 3.44. The first kappa shape index (κ1) is 17.5. The molecule has 0 saturated carbocycles. The molecule has 7 heteroatoms. The summed E-state index contributed by atoms with van der Waals surface area (Å²) < 4.78 is 12.9. The van der Waals surface area contributed by atoms with Crippen molar-refractivity contribution in [2.75, 3.05) is 19.9 Å². The van der Waals surface area contributed by atoms with Crippen LogP contribution < -0.4 is 15.0 Å². The molecule has 1 N–H and O–H groups in total. The Labute approximate surface area is 157 Å². The van der Waals surface area contributed by atoms with E-state index in [-0.39, 0.29) is 12.4 Å². The van der Waals surface area contributed by atoms with Crippen LogP contribution in [0.2, 0.25) is 0 Å². The average Bonchev–Trinajstić information content (AvgIpc) is 3.10. The second-order valence-corrected chi connectivity index (χ2v) is 7.47. The minimum Gasteiger partial charge on any atom is -0.454 e. The highest BCUT2D eigenvalue weighted by Crippen LogP contribution is 2.34. The SMILES string of the molecule is CCC1CCCCN1CCCn1c(=S)[nH]c2cc3c(cc2c1=O)OCO3. The number of rotatable bonds is 5. The fourth-order valence-electron chi connectivity index (χ4n) is 4.09. The van der Waals surface area contributed by atoms with E-state index in [9.17, 15) is 4.79 Å². The highest BCUT2D eigenvalue weighted by molar-refractivity contribution is 7.71. The van der Waals surface area contributed by atoms with Gasteiger partial charge in [-0.3, -0.25) is 9.36 Å². The quantitative estimate of drug-likeness (QED) is 0.811. The fraction of sp³-hybridized carbons (Fsp3) is 0.579. The van der Waals surface area contributed by atoms with Crippen LogP contribution in [-0.2, 0) is 6.54 Å². The molecule has 2 aliphatic heterocycles. The molecule has 1 aromatic heterocycles. The van der Waals surface area contributed by atoms with Crippen LogP contribution in [0.1, 0.15) is 39.0 Å². The molecule has 4 rings (SSSR count). The summed E-state index contributed by atoms with van der Waals surface area (Å²) in [7, 11) is 0. The van der Waals surface area contributed by atoms with Crippen molar-refractivity contribution in [3.8, 4) is 11.5 Å². The maximum absolute atomic E-state index is 12.9. The van der Waals surface area contributed by atoms with E-state index in [1.54, 1.807) is 16.7 Å². The average molecular weight is 375 g/mol. The fourth-order valence-corrected chi connectivity index (χ4v) is 4.38. The lowest BCUT2D eigenvalue weighted by Crippen LogP contribution is -2.40. The topological polar surface area (TPSA) is 59.5 Å². The first-order valence-corrected chi connectivity index (χ1v) is 9.88. The lowest BCUT2D eigenvalue weighted by atomic mass is 10.00. The molecule has 1 saturated heterocycles. The van der Waals surface area contributed by atoms with E-state index >= 15 is 0 Å². The third-order valence-corrected chi connectivity index (χ3v) is 5.84. The second kappa shape index (κ2) is 7.40. The second-order valence-electron chi connectivity index (χ2n) is 7.09.